The van der Waals surface area contributed by atoms with Gasteiger partial charge in [-0.25, -0.2) is 0 Å². The maximum Gasteiger partial charge on any atom is 0.295 e. The highest BCUT2D eigenvalue weighted by Crippen LogP contribution is 2.39. The summed E-state index contributed by atoms with van der Waals surface area (Å²) in [6.45, 7) is 4.76. The molecule has 1 atom stereocenters. The number of hydrogen-bond donors (Lipinski definition) is 1. The molecular formula is C21H27N5O3. The lowest BCUT2D eigenvalue weighted by atomic mass is 9.97. The predicted octanol–water partition coefficient (Wildman–Crippen LogP) is 1.81. The van der Waals surface area contributed by atoms with Gasteiger partial charge in [-0.3, -0.25) is 19.3 Å². The summed E-state index contributed by atoms with van der Waals surface area (Å²) in [5, 5.41) is 15.5. The molecule has 8 heteroatoms. The molecule has 0 aliphatic carbocycles. The summed E-state index contributed by atoms with van der Waals surface area (Å²) in [6, 6.07) is 4.63. The molecule has 1 amide bonds. The molecule has 0 aromatic carbocycles. The number of rotatable bonds is 6. The minimum Gasteiger partial charge on any atom is -0.507 e. The Bertz CT molecular complexity index is 962. The molecule has 1 unspecified atom stereocenters. The van der Waals surface area contributed by atoms with Gasteiger partial charge >= 0.3 is 0 Å². The van der Waals surface area contributed by atoms with Crippen LogP contribution in [0.2, 0.25) is 0 Å². The molecule has 3 rings (SSSR count). The van der Waals surface area contributed by atoms with Crippen molar-refractivity contribution in [2.75, 3.05) is 27.2 Å². The van der Waals surface area contributed by atoms with Crippen LogP contribution in [0, 0.1) is 13.8 Å². The Kier molecular flexibility index (Phi) is 5.83. The number of pyridine rings is 1. The average molecular weight is 397 g/mol. The van der Waals surface area contributed by atoms with E-state index in [1.807, 2.05) is 32.0 Å². The Morgan fingerprint density at radius 2 is 1.97 bits per heavy atom. The minimum absolute atomic E-state index is 0.0674. The summed E-state index contributed by atoms with van der Waals surface area (Å²) in [5.74, 6) is -1.50. The second kappa shape index (κ2) is 8.16. The van der Waals surface area contributed by atoms with Crippen LogP contribution in [0.5, 0.6) is 0 Å². The number of hydrogen-bond acceptors (Lipinski definition) is 6. The van der Waals surface area contributed by atoms with Crippen molar-refractivity contribution in [1.82, 2.24) is 24.6 Å². The number of ketones is 1. The molecule has 2 aromatic rings. The number of carbonyl (C=O) groups is 2. The Morgan fingerprint density at radius 1 is 1.24 bits per heavy atom. The van der Waals surface area contributed by atoms with E-state index in [9.17, 15) is 14.7 Å². The molecule has 29 heavy (non-hydrogen) atoms. The first-order valence-corrected chi connectivity index (χ1v) is 9.58. The fraction of sp³-hybridized carbons (Fsp3) is 0.429. The maximum absolute atomic E-state index is 13.0. The van der Waals surface area contributed by atoms with Crippen molar-refractivity contribution in [3.8, 4) is 0 Å². The third-order valence-electron chi connectivity index (χ3n) is 5.26. The second-order valence-corrected chi connectivity index (χ2v) is 7.57. The SMILES string of the molecule is Cc1nn(C)c(C)c1/C(O)=C1\C(=O)C(=O)N(CCCN(C)C)C1c1ccccn1. The predicted molar refractivity (Wildman–Crippen MR) is 109 cm³/mol. The molecule has 1 N–H and O–H groups in total. The Labute approximate surface area is 170 Å². The van der Waals surface area contributed by atoms with Gasteiger partial charge in [0.05, 0.1) is 22.5 Å². The molecular weight excluding hydrogens is 370 g/mol. The molecule has 8 nitrogen and oxygen atoms in total. The topological polar surface area (TPSA) is 91.6 Å². The van der Waals surface area contributed by atoms with Crippen molar-refractivity contribution in [2.45, 2.75) is 26.3 Å². The van der Waals surface area contributed by atoms with Gasteiger partial charge in [0.1, 0.15) is 11.8 Å². The first-order chi connectivity index (χ1) is 13.7. The largest absolute Gasteiger partial charge is 0.507 e. The summed E-state index contributed by atoms with van der Waals surface area (Å²) in [6.07, 6.45) is 2.32. The van der Waals surface area contributed by atoms with Gasteiger partial charge in [0.15, 0.2) is 0 Å². The van der Waals surface area contributed by atoms with Crippen molar-refractivity contribution in [1.29, 1.82) is 0 Å². The van der Waals surface area contributed by atoms with Gasteiger partial charge in [-0.05, 0) is 53.0 Å². The maximum atomic E-state index is 13.0. The van der Waals surface area contributed by atoms with Crippen molar-refractivity contribution in [2.24, 2.45) is 7.05 Å². The number of nitrogens with zero attached hydrogens (tertiary/aromatic N) is 5. The zero-order valence-corrected chi connectivity index (χ0v) is 17.5. The standard InChI is InChI=1S/C21H27N5O3/c1-13-16(14(2)25(5)23-13)19(27)17-18(15-9-6-7-10-22-15)26(21(29)20(17)28)12-8-11-24(3)4/h6-7,9-10,18,27H,8,11-12H2,1-5H3/b19-17+. The van der Waals surface area contributed by atoms with Crippen LogP contribution >= 0.6 is 0 Å². The van der Waals surface area contributed by atoms with Crippen LogP contribution in [-0.2, 0) is 16.6 Å². The van der Waals surface area contributed by atoms with E-state index in [0.717, 1.165) is 12.2 Å². The van der Waals surface area contributed by atoms with E-state index in [0.29, 0.717) is 29.9 Å². The van der Waals surface area contributed by atoms with Crippen LogP contribution in [-0.4, -0.2) is 68.5 Å². The van der Waals surface area contributed by atoms with E-state index in [1.54, 1.807) is 37.0 Å². The number of aliphatic hydroxyl groups is 1. The third-order valence-corrected chi connectivity index (χ3v) is 5.26. The second-order valence-electron chi connectivity index (χ2n) is 7.57. The van der Waals surface area contributed by atoms with E-state index >= 15 is 0 Å². The quantitative estimate of drug-likeness (QED) is 0.454. The summed E-state index contributed by atoms with van der Waals surface area (Å²) in [4.78, 5) is 33.7. The highest BCUT2D eigenvalue weighted by molar-refractivity contribution is 6.46. The van der Waals surface area contributed by atoms with Crippen molar-refractivity contribution in [3.05, 3.63) is 52.6 Å². The van der Waals surface area contributed by atoms with E-state index in [2.05, 4.69) is 10.1 Å². The smallest absolute Gasteiger partial charge is 0.295 e. The zero-order valence-electron chi connectivity index (χ0n) is 17.5. The lowest BCUT2D eigenvalue weighted by Crippen LogP contribution is -2.32. The number of likely N-dealkylation sites (tertiary alicyclic amines) is 1. The number of aryl methyl sites for hydroxylation is 2. The molecule has 0 radical (unpaired) electrons. The van der Waals surface area contributed by atoms with Gasteiger partial charge in [0, 0.05) is 25.5 Å². The van der Waals surface area contributed by atoms with Gasteiger partial charge in [0.25, 0.3) is 11.7 Å². The van der Waals surface area contributed by atoms with Gasteiger partial charge in [-0.2, -0.15) is 5.10 Å². The fourth-order valence-electron chi connectivity index (χ4n) is 3.76. The summed E-state index contributed by atoms with van der Waals surface area (Å²) in [7, 11) is 5.69. The van der Waals surface area contributed by atoms with Gasteiger partial charge in [-0.1, -0.05) is 6.07 Å². The number of aliphatic hydroxyl groups excluding tert-OH is 1. The van der Waals surface area contributed by atoms with E-state index in [-0.39, 0.29) is 11.3 Å². The molecule has 1 fully saturated rings. The molecule has 0 spiro atoms. The fourth-order valence-corrected chi connectivity index (χ4v) is 3.76. The van der Waals surface area contributed by atoms with Crippen molar-refractivity contribution >= 4 is 17.4 Å². The van der Waals surface area contributed by atoms with Crippen LogP contribution in [0.25, 0.3) is 5.76 Å². The highest BCUT2D eigenvalue weighted by Gasteiger charge is 2.46. The summed E-state index contributed by atoms with van der Waals surface area (Å²) in [5.41, 5.74) is 2.43. The molecule has 3 heterocycles. The van der Waals surface area contributed by atoms with Crippen LogP contribution in [0.1, 0.15) is 35.1 Å². The molecule has 1 aliphatic rings. The summed E-state index contributed by atoms with van der Waals surface area (Å²) < 4.78 is 1.65. The van der Waals surface area contributed by atoms with E-state index < -0.39 is 17.7 Å². The van der Waals surface area contributed by atoms with Crippen molar-refractivity contribution in [3.63, 3.8) is 0 Å². The molecule has 154 valence electrons. The Morgan fingerprint density at radius 3 is 2.52 bits per heavy atom. The average Bonchev–Trinajstić information content (AvgIpc) is 3.08. The first kappa shape index (κ1) is 20.7. The van der Waals surface area contributed by atoms with Crippen LogP contribution in [0.3, 0.4) is 0 Å². The summed E-state index contributed by atoms with van der Waals surface area (Å²) >= 11 is 0. The highest BCUT2D eigenvalue weighted by atomic mass is 16.3. The zero-order chi connectivity index (χ0) is 21.3. The number of carbonyl (C=O) groups excluding carboxylic acids is 2. The molecule has 1 aliphatic heterocycles. The monoisotopic (exact) mass is 397 g/mol. The molecule has 0 bridgehead atoms. The number of amides is 1. The lowest BCUT2D eigenvalue weighted by molar-refractivity contribution is -0.140. The van der Waals surface area contributed by atoms with Crippen LogP contribution in [0.4, 0.5) is 0 Å². The van der Waals surface area contributed by atoms with Crippen molar-refractivity contribution < 1.29 is 14.7 Å². The minimum atomic E-state index is -0.725. The Hall–Kier alpha value is -3.00. The third kappa shape index (κ3) is 3.80. The van der Waals surface area contributed by atoms with E-state index in [4.69, 9.17) is 0 Å². The van der Waals surface area contributed by atoms with E-state index in [1.165, 1.54) is 4.90 Å². The van der Waals surface area contributed by atoms with Crippen LogP contribution in [0.15, 0.2) is 30.0 Å². The number of Topliss-reactive ketones (excluding diaryl/α,β-unsaturated/α-hetero) is 1. The molecule has 1 saturated heterocycles. The Balaban J connectivity index is 2.13. The van der Waals surface area contributed by atoms with Crippen LogP contribution < -0.4 is 0 Å². The normalized spacial score (nSPS) is 18.8. The lowest BCUT2D eigenvalue weighted by Gasteiger charge is -2.25. The molecule has 2 aromatic heterocycles. The number of aromatic nitrogens is 3. The van der Waals surface area contributed by atoms with Gasteiger partial charge in [0.2, 0.25) is 0 Å². The first-order valence-electron chi connectivity index (χ1n) is 9.58. The van der Waals surface area contributed by atoms with Gasteiger partial charge < -0.3 is 14.9 Å². The van der Waals surface area contributed by atoms with Gasteiger partial charge in [-0.15, -0.1) is 0 Å². The molecule has 0 saturated carbocycles.